The summed E-state index contributed by atoms with van der Waals surface area (Å²) in [5.41, 5.74) is 0.527. The van der Waals surface area contributed by atoms with Crippen molar-refractivity contribution in [3.63, 3.8) is 0 Å². The highest BCUT2D eigenvalue weighted by atomic mass is 32.1. The van der Waals surface area contributed by atoms with Crippen LogP contribution in [0.2, 0.25) is 0 Å². The minimum Gasteiger partial charge on any atom is -0.461 e. The number of carbonyl (C=O) groups excluding carboxylic acids is 2. The van der Waals surface area contributed by atoms with E-state index in [0.717, 1.165) is 21.0 Å². The van der Waals surface area contributed by atoms with E-state index in [0.29, 0.717) is 11.1 Å². The summed E-state index contributed by atoms with van der Waals surface area (Å²) in [5.74, 6) is -0.692. The molecule has 0 fully saturated rings. The maximum atomic E-state index is 12.5. The van der Waals surface area contributed by atoms with E-state index in [2.05, 4.69) is 5.32 Å². The third-order valence-electron chi connectivity index (χ3n) is 4.74. The van der Waals surface area contributed by atoms with Gasteiger partial charge in [-0.05, 0) is 28.3 Å². The lowest BCUT2D eigenvalue weighted by molar-refractivity contribution is -0.145. The Hall–Kier alpha value is -3.45. The van der Waals surface area contributed by atoms with Crippen LogP contribution in [0.5, 0.6) is 0 Å². The highest BCUT2D eigenvalue weighted by Gasteiger charge is 2.20. The van der Waals surface area contributed by atoms with Crippen LogP contribution in [0.3, 0.4) is 0 Å². The lowest BCUT2D eigenvalue weighted by atomic mass is 10.0. The number of carbonyl (C=O) groups is 2. The average Bonchev–Trinajstić information content (AvgIpc) is 3.25. The molecular formula is C23H19NO5S. The Morgan fingerprint density at radius 3 is 2.73 bits per heavy atom. The Morgan fingerprint density at radius 2 is 1.97 bits per heavy atom. The summed E-state index contributed by atoms with van der Waals surface area (Å²) in [6.45, 7) is 1.35. The molecule has 0 saturated heterocycles. The molecule has 4 rings (SSSR count). The second-order valence-corrected chi connectivity index (χ2v) is 7.86. The molecule has 7 heteroatoms. The van der Waals surface area contributed by atoms with Crippen molar-refractivity contribution in [3.05, 3.63) is 80.8 Å². The monoisotopic (exact) mass is 421 g/mol. The molecule has 1 unspecified atom stereocenters. The van der Waals surface area contributed by atoms with Gasteiger partial charge in [0.05, 0.1) is 12.5 Å². The summed E-state index contributed by atoms with van der Waals surface area (Å²) in [6, 6.07) is 16.0. The third kappa shape index (κ3) is 4.26. The molecule has 0 bridgehead atoms. The maximum Gasteiger partial charge on any atom is 0.336 e. The Bertz CT molecular complexity index is 1280. The Kier molecular flexibility index (Phi) is 5.63. The zero-order valence-electron chi connectivity index (χ0n) is 16.2. The number of ether oxygens (including phenoxy) is 1. The van der Waals surface area contributed by atoms with E-state index in [1.54, 1.807) is 6.07 Å². The molecule has 2 aromatic carbocycles. The van der Waals surface area contributed by atoms with Gasteiger partial charge in [0.2, 0.25) is 5.91 Å². The van der Waals surface area contributed by atoms with Gasteiger partial charge in [0.15, 0.2) is 0 Å². The first-order chi connectivity index (χ1) is 14.5. The largest absolute Gasteiger partial charge is 0.461 e. The fourth-order valence-corrected chi connectivity index (χ4v) is 4.25. The van der Waals surface area contributed by atoms with Gasteiger partial charge in [0, 0.05) is 28.8 Å². The summed E-state index contributed by atoms with van der Waals surface area (Å²) in [6.07, 6.45) is 0.000213. The second-order valence-electron chi connectivity index (χ2n) is 6.88. The molecule has 6 nitrogen and oxygen atoms in total. The molecule has 4 aromatic rings. The van der Waals surface area contributed by atoms with Crippen molar-refractivity contribution in [3.8, 4) is 0 Å². The normalized spacial score (nSPS) is 12.0. The number of rotatable bonds is 6. The van der Waals surface area contributed by atoms with Crippen molar-refractivity contribution in [2.75, 3.05) is 0 Å². The topological polar surface area (TPSA) is 85.6 Å². The number of nitrogens with one attached hydrogen (secondary N) is 1. The first-order valence-electron chi connectivity index (χ1n) is 9.42. The summed E-state index contributed by atoms with van der Waals surface area (Å²) in [4.78, 5) is 36.9. The molecule has 152 valence electrons. The smallest absolute Gasteiger partial charge is 0.336 e. The van der Waals surface area contributed by atoms with Crippen LogP contribution >= 0.6 is 11.3 Å². The van der Waals surface area contributed by atoms with Crippen LogP contribution in [-0.4, -0.2) is 11.9 Å². The van der Waals surface area contributed by atoms with Crippen molar-refractivity contribution in [2.24, 2.45) is 0 Å². The third-order valence-corrected chi connectivity index (χ3v) is 5.72. The molecule has 1 N–H and O–H groups in total. The number of esters is 1. The van der Waals surface area contributed by atoms with Crippen molar-refractivity contribution in [1.82, 2.24) is 5.32 Å². The molecule has 1 amide bonds. The highest BCUT2D eigenvalue weighted by molar-refractivity contribution is 7.10. The molecule has 0 saturated carbocycles. The quantitative estimate of drug-likeness (QED) is 0.285. The number of hydrogen-bond acceptors (Lipinski definition) is 6. The lowest BCUT2D eigenvalue weighted by Crippen LogP contribution is -2.28. The second kappa shape index (κ2) is 8.51. The molecule has 2 heterocycles. The van der Waals surface area contributed by atoms with E-state index >= 15 is 0 Å². The summed E-state index contributed by atoms with van der Waals surface area (Å²) < 4.78 is 10.8. The van der Waals surface area contributed by atoms with E-state index in [1.165, 1.54) is 24.3 Å². The van der Waals surface area contributed by atoms with Gasteiger partial charge in [-0.3, -0.25) is 9.59 Å². The summed E-state index contributed by atoms with van der Waals surface area (Å²) >= 11 is 1.46. The number of benzene rings is 2. The number of fused-ring (bicyclic) bond motifs is 3. The lowest BCUT2D eigenvalue weighted by Gasteiger charge is -2.16. The summed E-state index contributed by atoms with van der Waals surface area (Å²) in [7, 11) is 0. The van der Waals surface area contributed by atoms with Gasteiger partial charge in [-0.2, -0.15) is 0 Å². The fourth-order valence-electron chi connectivity index (χ4n) is 3.48. The van der Waals surface area contributed by atoms with Crippen LogP contribution in [-0.2, 0) is 20.9 Å². The van der Waals surface area contributed by atoms with E-state index < -0.39 is 17.6 Å². The zero-order chi connectivity index (χ0) is 21.1. The first kappa shape index (κ1) is 19.8. The van der Waals surface area contributed by atoms with Crippen LogP contribution in [0.15, 0.2) is 69.2 Å². The van der Waals surface area contributed by atoms with Crippen molar-refractivity contribution >= 4 is 45.0 Å². The van der Waals surface area contributed by atoms with Gasteiger partial charge >= 0.3 is 11.6 Å². The van der Waals surface area contributed by atoms with Gasteiger partial charge in [-0.1, -0.05) is 36.4 Å². The fraction of sp³-hybridized carbons (Fsp3) is 0.174. The molecule has 0 aliphatic rings. The highest BCUT2D eigenvalue weighted by Crippen LogP contribution is 2.28. The molecular weight excluding hydrogens is 402 g/mol. The van der Waals surface area contributed by atoms with Crippen LogP contribution in [0.25, 0.3) is 21.7 Å². The number of hydrogen-bond donors (Lipinski definition) is 1. The van der Waals surface area contributed by atoms with E-state index in [4.69, 9.17) is 9.15 Å². The Morgan fingerprint density at radius 1 is 1.13 bits per heavy atom. The standard InChI is InChI=1S/C23H19NO5S/c1-14(25)24-18(20-7-4-10-30-20)12-21(26)28-13-16-11-22(27)29-19-9-8-15-5-2-3-6-17(15)23(16)19/h2-11,18H,12-13H2,1H3,(H,24,25). The van der Waals surface area contributed by atoms with Gasteiger partial charge in [-0.15, -0.1) is 11.3 Å². The molecule has 0 radical (unpaired) electrons. The molecule has 0 aliphatic carbocycles. The molecule has 0 spiro atoms. The van der Waals surface area contributed by atoms with Gasteiger partial charge < -0.3 is 14.5 Å². The Balaban J connectivity index is 1.58. The minimum atomic E-state index is -0.501. The van der Waals surface area contributed by atoms with Crippen molar-refractivity contribution in [1.29, 1.82) is 0 Å². The average molecular weight is 421 g/mol. The van der Waals surface area contributed by atoms with Gasteiger partial charge in [0.25, 0.3) is 0 Å². The zero-order valence-corrected chi connectivity index (χ0v) is 17.0. The molecule has 2 aromatic heterocycles. The van der Waals surface area contributed by atoms with Gasteiger partial charge in [0.1, 0.15) is 12.2 Å². The van der Waals surface area contributed by atoms with E-state index in [9.17, 15) is 14.4 Å². The summed E-state index contributed by atoms with van der Waals surface area (Å²) in [5, 5.41) is 7.32. The SMILES string of the molecule is CC(=O)NC(CC(=O)OCc1cc(=O)oc2ccc3ccccc3c12)c1cccs1. The first-order valence-corrected chi connectivity index (χ1v) is 10.3. The van der Waals surface area contributed by atoms with Crippen LogP contribution in [0.1, 0.15) is 29.8 Å². The van der Waals surface area contributed by atoms with Crippen LogP contribution < -0.4 is 10.9 Å². The van der Waals surface area contributed by atoms with E-state index in [-0.39, 0.29) is 18.9 Å². The molecule has 30 heavy (non-hydrogen) atoms. The number of amides is 1. The predicted octanol–water partition coefficient (Wildman–Crippen LogP) is 4.32. The Labute approximate surface area is 176 Å². The molecule has 1 atom stereocenters. The number of thiophene rings is 1. The van der Waals surface area contributed by atoms with Crippen LogP contribution in [0, 0.1) is 0 Å². The van der Waals surface area contributed by atoms with Gasteiger partial charge in [-0.25, -0.2) is 4.79 Å². The minimum absolute atomic E-state index is 0.000213. The van der Waals surface area contributed by atoms with Crippen LogP contribution in [0.4, 0.5) is 0 Å². The predicted molar refractivity (Wildman–Crippen MR) is 115 cm³/mol. The van der Waals surface area contributed by atoms with E-state index in [1.807, 2.05) is 47.8 Å². The van der Waals surface area contributed by atoms with Crippen molar-refractivity contribution in [2.45, 2.75) is 26.0 Å². The molecule has 0 aliphatic heterocycles. The van der Waals surface area contributed by atoms with Crippen molar-refractivity contribution < 1.29 is 18.7 Å². The maximum absolute atomic E-state index is 12.5.